The van der Waals surface area contributed by atoms with Gasteiger partial charge in [-0.15, -0.1) is 11.3 Å². The Bertz CT molecular complexity index is 853. The van der Waals surface area contributed by atoms with E-state index in [1.807, 2.05) is 19.1 Å². The molecule has 21 heavy (non-hydrogen) atoms. The van der Waals surface area contributed by atoms with Crippen LogP contribution in [0.15, 0.2) is 29.3 Å². The highest BCUT2D eigenvalue weighted by molar-refractivity contribution is 7.22. The number of hydrogen-bond donors (Lipinski definition) is 1. The quantitative estimate of drug-likeness (QED) is 0.804. The third kappa shape index (κ3) is 2.26. The Labute approximate surface area is 125 Å². The Morgan fingerprint density at radius 2 is 2.00 bits per heavy atom. The fourth-order valence-electron chi connectivity index (χ4n) is 2.46. The standard InChI is InChI=1S/C15H15N3O2S/c1-9-12-14(17-10(2)18(7-8-19)15(12)20)21-13(9)11-3-5-16-6-4-11/h3-6,19H,7-8H2,1-2H3. The molecule has 0 aromatic carbocycles. The molecule has 0 atom stereocenters. The number of pyridine rings is 1. The zero-order chi connectivity index (χ0) is 15.0. The Balaban J connectivity index is 2.31. The molecule has 3 rings (SSSR count). The zero-order valence-electron chi connectivity index (χ0n) is 11.8. The largest absolute Gasteiger partial charge is 0.395 e. The van der Waals surface area contributed by atoms with Crippen molar-refractivity contribution in [3.8, 4) is 10.4 Å². The maximum absolute atomic E-state index is 12.6. The molecule has 0 saturated heterocycles. The van der Waals surface area contributed by atoms with Crippen molar-refractivity contribution >= 4 is 21.6 Å². The lowest BCUT2D eigenvalue weighted by Crippen LogP contribution is -2.25. The van der Waals surface area contributed by atoms with Crippen molar-refractivity contribution in [1.82, 2.24) is 14.5 Å². The van der Waals surface area contributed by atoms with Crippen molar-refractivity contribution in [3.05, 3.63) is 46.3 Å². The lowest BCUT2D eigenvalue weighted by atomic mass is 10.1. The lowest BCUT2D eigenvalue weighted by Gasteiger charge is -2.07. The van der Waals surface area contributed by atoms with Crippen LogP contribution < -0.4 is 5.56 Å². The number of nitrogens with zero attached hydrogens (tertiary/aromatic N) is 3. The second-order valence-electron chi connectivity index (χ2n) is 4.81. The van der Waals surface area contributed by atoms with Crippen LogP contribution in [0.2, 0.25) is 0 Å². The van der Waals surface area contributed by atoms with E-state index in [0.717, 1.165) is 20.8 Å². The van der Waals surface area contributed by atoms with Gasteiger partial charge in [-0.25, -0.2) is 4.98 Å². The maximum atomic E-state index is 12.6. The van der Waals surface area contributed by atoms with Gasteiger partial charge in [0, 0.05) is 17.3 Å². The summed E-state index contributed by atoms with van der Waals surface area (Å²) < 4.78 is 1.53. The summed E-state index contributed by atoms with van der Waals surface area (Å²) in [4.78, 5) is 22.9. The minimum atomic E-state index is -0.0828. The summed E-state index contributed by atoms with van der Waals surface area (Å²) in [6, 6.07) is 3.85. The molecule has 3 aromatic heterocycles. The highest BCUT2D eigenvalue weighted by Crippen LogP contribution is 2.35. The first-order valence-corrected chi connectivity index (χ1v) is 7.47. The SMILES string of the molecule is Cc1c(-c2ccncc2)sc2nc(C)n(CCO)c(=O)c12. The van der Waals surface area contributed by atoms with E-state index in [2.05, 4.69) is 9.97 Å². The van der Waals surface area contributed by atoms with E-state index in [9.17, 15) is 4.79 Å². The molecule has 0 saturated carbocycles. The number of thiophene rings is 1. The molecule has 0 bridgehead atoms. The molecule has 5 nitrogen and oxygen atoms in total. The molecule has 0 radical (unpaired) electrons. The van der Waals surface area contributed by atoms with Crippen molar-refractivity contribution in [2.45, 2.75) is 20.4 Å². The molecule has 0 amide bonds. The molecule has 3 aromatic rings. The van der Waals surface area contributed by atoms with Gasteiger partial charge in [-0.05, 0) is 37.1 Å². The van der Waals surface area contributed by atoms with Crippen molar-refractivity contribution in [1.29, 1.82) is 0 Å². The molecular formula is C15H15N3O2S. The fourth-order valence-corrected chi connectivity index (χ4v) is 3.68. The maximum Gasteiger partial charge on any atom is 0.262 e. The first-order valence-electron chi connectivity index (χ1n) is 6.65. The van der Waals surface area contributed by atoms with Crippen molar-refractivity contribution in [3.63, 3.8) is 0 Å². The summed E-state index contributed by atoms with van der Waals surface area (Å²) in [5.74, 6) is 0.629. The molecule has 1 N–H and O–H groups in total. The summed E-state index contributed by atoms with van der Waals surface area (Å²) in [6.07, 6.45) is 3.48. The number of fused-ring (bicyclic) bond motifs is 1. The van der Waals surface area contributed by atoms with Gasteiger partial charge in [0.05, 0.1) is 18.5 Å². The van der Waals surface area contributed by atoms with E-state index >= 15 is 0 Å². The van der Waals surface area contributed by atoms with Gasteiger partial charge in [0.25, 0.3) is 5.56 Å². The van der Waals surface area contributed by atoms with E-state index in [1.54, 1.807) is 19.3 Å². The van der Waals surface area contributed by atoms with Gasteiger partial charge in [0.15, 0.2) is 0 Å². The predicted molar refractivity (Wildman–Crippen MR) is 83.7 cm³/mol. The Hall–Kier alpha value is -2.05. The topological polar surface area (TPSA) is 68.0 Å². The Morgan fingerprint density at radius 3 is 2.67 bits per heavy atom. The van der Waals surface area contributed by atoms with Gasteiger partial charge >= 0.3 is 0 Å². The summed E-state index contributed by atoms with van der Waals surface area (Å²) >= 11 is 1.52. The van der Waals surface area contributed by atoms with Crippen LogP contribution in [0, 0.1) is 13.8 Å². The summed E-state index contributed by atoms with van der Waals surface area (Å²) in [7, 11) is 0. The van der Waals surface area contributed by atoms with E-state index in [0.29, 0.717) is 11.2 Å². The van der Waals surface area contributed by atoms with E-state index in [4.69, 9.17) is 5.11 Å². The highest BCUT2D eigenvalue weighted by atomic mass is 32.1. The number of hydrogen-bond acceptors (Lipinski definition) is 5. The third-order valence-corrected chi connectivity index (χ3v) is 4.74. The molecule has 0 aliphatic heterocycles. The van der Waals surface area contributed by atoms with Crippen LogP contribution in [0.4, 0.5) is 0 Å². The Morgan fingerprint density at radius 1 is 1.29 bits per heavy atom. The summed E-state index contributed by atoms with van der Waals surface area (Å²) in [5.41, 5.74) is 1.89. The van der Waals surface area contributed by atoms with Crippen molar-refractivity contribution in [2.24, 2.45) is 0 Å². The monoisotopic (exact) mass is 301 g/mol. The number of rotatable bonds is 3. The zero-order valence-corrected chi connectivity index (χ0v) is 12.6. The van der Waals surface area contributed by atoms with Crippen LogP contribution in [0.3, 0.4) is 0 Å². The van der Waals surface area contributed by atoms with E-state index in [-0.39, 0.29) is 18.7 Å². The van der Waals surface area contributed by atoms with Crippen LogP contribution in [0.5, 0.6) is 0 Å². The second-order valence-corrected chi connectivity index (χ2v) is 5.81. The van der Waals surface area contributed by atoms with Gasteiger partial charge < -0.3 is 5.11 Å². The highest BCUT2D eigenvalue weighted by Gasteiger charge is 2.17. The fraction of sp³-hybridized carbons (Fsp3) is 0.267. The first kappa shape index (κ1) is 13.9. The molecule has 0 fully saturated rings. The van der Waals surface area contributed by atoms with Crippen LogP contribution in [-0.2, 0) is 6.54 Å². The average molecular weight is 301 g/mol. The van der Waals surface area contributed by atoms with Gasteiger partial charge in [-0.1, -0.05) is 0 Å². The van der Waals surface area contributed by atoms with E-state index in [1.165, 1.54) is 15.9 Å². The van der Waals surface area contributed by atoms with Crippen molar-refractivity contribution in [2.75, 3.05) is 6.61 Å². The smallest absolute Gasteiger partial charge is 0.262 e. The van der Waals surface area contributed by atoms with Crippen LogP contribution in [0.1, 0.15) is 11.4 Å². The number of aryl methyl sites for hydroxylation is 2. The minimum absolute atomic E-state index is 0.0751. The lowest BCUT2D eigenvalue weighted by molar-refractivity contribution is 0.272. The van der Waals surface area contributed by atoms with Gasteiger partial charge in [0.2, 0.25) is 0 Å². The molecule has 0 unspecified atom stereocenters. The van der Waals surface area contributed by atoms with Gasteiger partial charge in [0.1, 0.15) is 10.7 Å². The van der Waals surface area contributed by atoms with Gasteiger partial charge in [-0.3, -0.25) is 14.3 Å². The summed E-state index contributed by atoms with van der Waals surface area (Å²) in [5, 5.41) is 9.75. The molecular weight excluding hydrogens is 286 g/mol. The predicted octanol–water partition coefficient (Wildman–Crippen LogP) is 2.13. The Kier molecular flexibility index (Phi) is 3.57. The van der Waals surface area contributed by atoms with Crippen LogP contribution in [0.25, 0.3) is 20.7 Å². The first-order chi connectivity index (χ1) is 10.1. The molecule has 6 heteroatoms. The number of aliphatic hydroxyl groups excluding tert-OH is 1. The molecule has 0 aliphatic carbocycles. The third-order valence-electron chi connectivity index (χ3n) is 3.51. The van der Waals surface area contributed by atoms with Crippen LogP contribution in [-0.4, -0.2) is 26.2 Å². The molecule has 3 heterocycles. The number of aromatic nitrogens is 3. The van der Waals surface area contributed by atoms with Crippen LogP contribution >= 0.6 is 11.3 Å². The van der Waals surface area contributed by atoms with E-state index < -0.39 is 0 Å². The molecule has 0 spiro atoms. The minimum Gasteiger partial charge on any atom is -0.395 e. The van der Waals surface area contributed by atoms with Crippen molar-refractivity contribution < 1.29 is 5.11 Å². The van der Waals surface area contributed by atoms with Gasteiger partial charge in [-0.2, -0.15) is 0 Å². The molecule has 0 aliphatic rings. The second kappa shape index (κ2) is 5.38. The normalized spacial score (nSPS) is 11.2. The molecule has 108 valence electrons. The average Bonchev–Trinajstić information content (AvgIpc) is 2.81. The number of aliphatic hydroxyl groups is 1. The summed E-state index contributed by atoms with van der Waals surface area (Å²) in [6.45, 7) is 3.93.